The molecule has 1 amide bonds. The third kappa shape index (κ3) is 4.97. The SMILES string of the molecule is COc1cc(C(C)NC(C(N)=O)c2ccccc2)ccc1OC(C)C. The lowest BCUT2D eigenvalue weighted by Gasteiger charge is -2.23. The fraction of sp³-hybridized carbons (Fsp3) is 0.350. The molecule has 0 aliphatic carbocycles. The molecule has 0 aliphatic heterocycles. The minimum atomic E-state index is -0.561. The first kappa shape index (κ1) is 18.8. The Morgan fingerprint density at radius 2 is 1.68 bits per heavy atom. The van der Waals surface area contributed by atoms with Crippen molar-refractivity contribution in [3.8, 4) is 11.5 Å². The van der Waals surface area contributed by atoms with Crippen molar-refractivity contribution in [3.05, 3.63) is 59.7 Å². The van der Waals surface area contributed by atoms with E-state index in [0.717, 1.165) is 11.1 Å². The number of methoxy groups -OCH3 is 1. The molecule has 0 spiro atoms. The summed E-state index contributed by atoms with van der Waals surface area (Å²) in [4.78, 5) is 11.9. The monoisotopic (exact) mass is 342 g/mol. The Morgan fingerprint density at radius 1 is 1.00 bits per heavy atom. The van der Waals surface area contributed by atoms with E-state index in [0.29, 0.717) is 11.5 Å². The van der Waals surface area contributed by atoms with Crippen molar-refractivity contribution < 1.29 is 14.3 Å². The minimum Gasteiger partial charge on any atom is -0.493 e. The molecule has 5 nitrogen and oxygen atoms in total. The van der Waals surface area contributed by atoms with Crippen molar-refractivity contribution in [2.24, 2.45) is 5.73 Å². The highest BCUT2D eigenvalue weighted by atomic mass is 16.5. The smallest absolute Gasteiger partial charge is 0.239 e. The number of benzene rings is 2. The largest absolute Gasteiger partial charge is 0.493 e. The van der Waals surface area contributed by atoms with Gasteiger partial charge in [-0.2, -0.15) is 0 Å². The van der Waals surface area contributed by atoms with Crippen LogP contribution in [0.25, 0.3) is 0 Å². The predicted molar refractivity (Wildman–Crippen MR) is 98.7 cm³/mol. The molecule has 2 atom stereocenters. The lowest BCUT2D eigenvalue weighted by molar-refractivity contribution is -0.120. The van der Waals surface area contributed by atoms with Crippen LogP contribution < -0.4 is 20.5 Å². The normalized spacial score (nSPS) is 13.3. The van der Waals surface area contributed by atoms with E-state index < -0.39 is 11.9 Å². The summed E-state index contributed by atoms with van der Waals surface area (Å²) >= 11 is 0. The first-order valence-corrected chi connectivity index (χ1v) is 8.37. The maximum absolute atomic E-state index is 11.9. The molecule has 3 N–H and O–H groups in total. The van der Waals surface area contributed by atoms with Crippen LogP contribution in [-0.4, -0.2) is 19.1 Å². The molecule has 2 unspecified atom stereocenters. The molecular weight excluding hydrogens is 316 g/mol. The molecule has 2 rings (SSSR count). The highest BCUT2D eigenvalue weighted by Crippen LogP contribution is 2.31. The fourth-order valence-electron chi connectivity index (χ4n) is 2.64. The molecule has 0 bridgehead atoms. The van der Waals surface area contributed by atoms with Crippen LogP contribution in [0.5, 0.6) is 11.5 Å². The molecule has 0 fully saturated rings. The van der Waals surface area contributed by atoms with Gasteiger partial charge in [0.25, 0.3) is 0 Å². The first-order valence-electron chi connectivity index (χ1n) is 8.37. The van der Waals surface area contributed by atoms with E-state index in [4.69, 9.17) is 15.2 Å². The van der Waals surface area contributed by atoms with Gasteiger partial charge >= 0.3 is 0 Å². The maximum Gasteiger partial charge on any atom is 0.239 e. The summed E-state index contributed by atoms with van der Waals surface area (Å²) in [5, 5.41) is 3.29. The lowest BCUT2D eigenvalue weighted by atomic mass is 10.0. The van der Waals surface area contributed by atoms with Crippen LogP contribution in [-0.2, 0) is 4.79 Å². The summed E-state index contributed by atoms with van der Waals surface area (Å²) in [6.45, 7) is 5.92. The average molecular weight is 342 g/mol. The molecule has 2 aromatic carbocycles. The maximum atomic E-state index is 11.9. The number of nitrogens with one attached hydrogen (secondary N) is 1. The number of hydrogen-bond donors (Lipinski definition) is 2. The van der Waals surface area contributed by atoms with E-state index >= 15 is 0 Å². The van der Waals surface area contributed by atoms with Gasteiger partial charge in [-0.15, -0.1) is 0 Å². The van der Waals surface area contributed by atoms with Crippen LogP contribution in [0.3, 0.4) is 0 Å². The molecule has 2 aromatic rings. The van der Waals surface area contributed by atoms with Gasteiger partial charge in [-0.05, 0) is 44.0 Å². The zero-order chi connectivity index (χ0) is 18.4. The lowest BCUT2D eigenvalue weighted by Crippen LogP contribution is -2.35. The number of amides is 1. The van der Waals surface area contributed by atoms with E-state index in [1.165, 1.54) is 0 Å². The molecule has 0 aliphatic rings. The van der Waals surface area contributed by atoms with Gasteiger partial charge in [-0.1, -0.05) is 36.4 Å². The first-order chi connectivity index (χ1) is 11.9. The van der Waals surface area contributed by atoms with Crippen molar-refractivity contribution in [3.63, 3.8) is 0 Å². The van der Waals surface area contributed by atoms with Crippen LogP contribution in [0.1, 0.15) is 44.0 Å². The molecule has 0 radical (unpaired) electrons. The number of nitrogens with two attached hydrogens (primary N) is 1. The van der Waals surface area contributed by atoms with Gasteiger partial charge in [-0.3, -0.25) is 10.1 Å². The molecule has 25 heavy (non-hydrogen) atoms. The highest BCUT2D eigenvalue weighted by molar-refractivity contribution is 5.81. The second kappa shape index (κ2) is 8.53. The second-order valence-electron chi connectivity index (χ2n) is 6.21. The number of rotatable bonds is 8. The highest BCUT2D eigenvalue weighted by Gasteiger charge is 2.21. The summed E-state index contributed by atoms with van der Waals surface area (Å²) < 4.78 is 11.2. The van der Waals surface area contributed by atoms with Crippen molar-refractivity contribution in [2.75, 3.05) is 7.11 Å². The van der Waals surface area contributed by atoms with Gasteiger partial charge in [-0.25, -0.2) is 0 Å². The van der Waals surface area contributed by atoms with E-state index in [-0.39, 0.29) is 12.1 Å². The number of carbonyl (C=O) groups is 1. The van der Waals surface area contributed by atoms with Gasteiger partial charge in [0.1, 0.15) is 6.04 Å². The predicted octanol–water partition coefficient (Wildman–Crippen LogP) is 3.36. The Balaban J connectivity index is 2.21. The second-order valence-corrected chi connectivity index (χ2v) is 6.21. The zero-order valence-electron chi connectivity index (χ0n) is 15.2. The number of carbonyl (C=O) groups excluding carboxylic acids is 1. The molecule has 0 heterocycles. The Morgan fingerprint density at radius 3 is 2.24 bits per heavy atom. The topological polar surface area (TPSA) is 73.6 Å². The minimum absolute atomic E-state index is 0.0626. The van der Waals surface area contributed by atoms with Crippen LogP contribution in [0.4, 0.5) is 0 Å². The summed E-state index contributed by atoms with van der Waals surface area (Å²) in [7, 11) is 1.61. The van der Waals surface area contributed by atoms with E-state index in [1.807, 2.05) is 69.3 Å². The van der Waals surface area contributed by atoms with Crippen molar-refractivity contribution in [2.45, 2.75) is 39.0 Å². The standard InChI is InChI=1S/C20H26N2O3/c1-13(2)25-17-11-10-16(12-18(17)24-4)14(3)22-19(20(21)23)15-8-6-5-7-9-15/h5-14,19,22H,1-4H3,(H2,21,23). The number of ether oxygens (including phenoxy) is 2. The third-order valence-electron chi connectivity index (χ3n) is 3.88. The van der Waals surface area contributed by atoms with Gasteiger partial charge in [0.05, 0.1) is 13.2 Å². The Kier molecular flexibility index (Phi) is 6.42. The van der Waals surface area contributed by atoms with Crippen LogP contribution >= 0.6 is 0 Å². The van der Waals surface area contributed by atoms with E-state index in [1.54, 1.807) is 7.11 Å². The molecule has 0 aromatic heterocycles. The quantitative estimate of drug-likeness (QED) is 0.771. The zero-order valence-corrected chi connectivity index (χ0v) is 15.2. The van der Waals surface area contributed by atoms with E-state index in [9.17, 15) is 4.79 Å². The van der Waals surface area contributed by atoms with Gasteiger partial charge in [0.15, 0.2) is 11.5 Å². The van der Waals surface area contributed by atoms with Crippen LogP contribution in [0.2, 0.25) is 0 Å². The van der Waals surface area contributed by atoms with Crippen LogP contribution in [0, 0.1) is 0 Å². The van der Waals surface area contributed by atoms with Crippen molar-refractivity contribution in [1.82, 2.24) is 5.32 Å². The third-order valence-corrected chi connectivity index (χ3v) is 3.88. The summed E-state index contributed by atoms with van der Waals surface area (Å²) in [6, 6.07) is 14.5. The van der Waals surface area contributed by atoms with Gasteiger partial charge < -0.3 is 15.2 Å². The number of primary amides is 1. The summed E-state index contributed by atoms with van der Waals surface area (Å²) in [5.41, 5.74) is 7.41. The Bertz CT molecular complexity index is 701. The van der Waals surface area contributed by atoms with E-state index in [2.05, 4.69) is 5.32 Å². The van der Waals surface area contributed by atoms with Crippen molar-refractivity contribution >= 4 is 5.91 Å². The summed E-state index contributed by atoms with van der Waals surface area (Å²) in [6.07, 6.45) is 0.0626. The average Bonchev–Trinajstić information content (AvgIpc) is 2.59. The molecule has 134 valence electrons. The molecular formula is C20H26N2O3. The Labute approximate surface area is 149 Å². The fourth-order valence-corrected chi connectivity index (χ4v) is 2.64. The summed E-state index contributed by atoms with van der Waals surface area (Å²) in [5.74, 6) is 0.947. The Hall–Kier alpha value is -2.53. The number of hydrogen-bond acceptors (Lipinski definition) is 4. The van der Waals surface area contributed by atoms with Gasteiger partial charge in [0.2, 0.25) is 5.91 Å². The molecule has 0 saturated carbocycles. The molecule has 5 heteroatoms. The molecule has 0 saturated heterocycles. The van der Waals surface area contributed by atoms with Crippen LogP contribution in [0.15, 0.2) is 48.5 Å². The van der Waals surface area contributed by atoms with Crippen molar-refractivity contribution in [1.29, 1.82) is 0 Å². The van der Waals surface area contributed by atoms with Gasteiger partial charge in [0, 0.05) is 6.04 Å².